The van der Waals surface area contributed by atoms with Crippen LogP contribution in [0.1, 0.15) is 26.3 Å². The van der Waals surface area contributed by atoms with Crippen LogP contribution >= 0.6 is 0 Å². The van der Waals surface area contributed by atoms with E-state index in [-0.39, 0.29) is 23.1 Å². The zero-order valence-corrected chi connectivity index (χ0v) is 19.2. The van der Waals surface area contributed by atoms with E-state index in [0.717, 1.165) is 11.0 Å². The van der Waals surface area contributed by atoms with E-state index < -0.39 is 17.6 Å². The molecule has 0 unspecified atom stereocenters. The first-order chi connectivity index (χ1) is 16.4. The van der Waals surface area contributed by atoms with Gasteiger partial charge >= 0.3 is 0 Å². The highest BCUT2D eigenvalue weighted by Gasteiger charge is 2.40. The Morgan fingerprint density at radius 2 is 1.68 bits per heavy atom. The summed E-state index contributed by atoms with van der Waals surface area (Å²) in [4.78, 5) is 28.0. The Hall–Kier alpha value is -4.13. The average molecular weight is 461 g/mol. The molecule has 4 rings (SSSR count). The lowest BCUT2D eigenvalue weighted by Gasteiger charge is -2.16. The largest absolute Gasteiger partial charge is 0.492 e. The number of anilines is 2. The highest BCUT2D eigenvalue weighted by Crippen LogP contribution is 2.36. The minimum Gasteiger partial charge on any atom is -0.492 e. The maximum atomic E-state index is 13.9. The van der Waals surface area contributed by atoms with Crippen molar-refractivity contribution in [2.75, 3.05) is 16.8 Å². The number of carbonyl (C=O) groups is 2. The second-order valence-corrected chi connectivity index (χ2v) is 7.92. The van der Waals surface area contributed by atoms with Gasteiger partial charge in [0.25, 0.3) is 11.8 Å². The summed E-state index contributed by atoms with van der Waals surface area (Å²) in [7, 11) is 0. The predicted molar refractivity (Wildman–Crippen MR) is 129 cm³/mol. The fraction of sp³-hybridized carbons (Fsp3) is 0.185. The molecule has 3 aromatic carbocycles. The van der Waals surface area contributed by atoms with Crippen LogP contribution in [-0.4, -0.2) is 24.5 Å². The fourth-order valence-corrected chi connectivity index (χ4v) is 3.72. The summed E-state index contributed by atoms with van der Waals surface area (Å²) in [6, 6.07) is 19.5. The molecule has 0 saturated carbocycles. The van der Waals surface area contributed by atoms with E-state index in [1.165, 1.54) is 18.2 Å². The van der Waals surface area contributed by atoms with Crippen molar-refractivity contribution in [2.24, 2.45) is 0 Å². The Bertz CT molecular complexity index is 1250. The van der Waals surface area contributed by atoms with Gasteiger partial charge in [0.05, 0.1) is 29.7 Å². The Morgan fingerprint density at radius 1 is 0.941 bits per heavy atom. The topological polar surface area (TPSA) is 67.9 Å². The summed E-state index contributed by atoms with van der Waals surface area (Å²) in [5.41, 5.74) is 1.49. The van der Waals surface area contributed by atoms with Crippen LogP contribution in [0.25, 0.3) is 5.57 Å². The van der Waals surface area contributed by atoms with Gasteiger partial charge in [-0.05, 0) is 68.8 Å². The van der Waals surface area contributed by atoms with Gasteiger partial charge in [-0.1, -0.05) is 30.3 Å². The van der Waals surface area contributed by atoms with Crippen LogP contribution < -0.4 is 19.7 Å². The third kappa shape index (κ3) is 4.64. The van der Waals surface area contributed by atoms with Gasteiger partial charge in [0, 0.05) is 0 Å². The van der Waals surface area contributed by atoms with Crippen molar-refractivity contribution in [3.63, 3.8) is 0 Å². The molecule has 1 N–H and O–H groups in total. The van der Waals surface area contributed by atoms with Crippen molar-refractivity contribution < 1.29 is 23.5 Å². The first-order valence-corrected chi connectivity index (χ1v) is 11.0. The molecule has 1 aliphatic heterocycles. The van der Waals surface area contributed by atoms with Crippen molar-refractivity contribution in [2.45, 2.75) is 26.9 Å². The van der Waals surface area contributed by atoms with Gasteiger partial charge in [-0.2, -0.15) is 0 Å². The summed E-state index contributed by atoms with van der Waals surface area (Å²) in [6.07, 6.45) is -0.00415. The van der Waals surface area contributed by atoms with Gasteiger partial charge in [-0.15, -0.1) is 0 Å². The van der Waals surface area contributed by atoms with Gasteiger partial charge in [0.2, 0.25) is 0 Å². The molecule has 0 radical (unpaired) electrons. The van der Waals surface area contributed by atoms with Gasteiger partial charge in [-0.3, -0.25) is 9.59 Å². The third-order valence-electron chi connectivity index (χ3n) is 5.11. The number of ether oxygens (including phenoxy) is 2. The molecule has 0 aromatic heterocycles. The molecule has 0 atom stereocenters. The van der Waals surface area contributed by atoms with Crippen molar-refractivity contribution in [1.82, 2.24) is 0 Å². The number of carbonyl (C=O) groups excluding carboxylic acids is 2. The van der Waals surface area contributed by atoms with E-state index in [1.54, 1.807) is 42.5 Å². The number of nitrogens with one attached hydrogen (secondary N) is 1. The number of amides is 2. The Labute approximate surface area is 197 Å². The molecule has 6 nitrogen and oxygen atoms in total. The van der Waals surface area contributed by atoms with Crippen LogP contribution in [-0.2, 0) is 9.59 Å². The Balaban J connectivity index is 1.80. The number of para-hydroxylation sites is 2. The van der Waals surface area contributed by atoms with Crippen molar-refractivity contribution in [3.8, 4) is 11.5 Å². The summed E-state index contributed by atoms with van der Waals surface area (Å²) >= 11 is 0. The molecular weight excluding hydrogens is 435 g/mol. The van der Waals surface area contributed by atoms with Gasteiger partial charge < -0.3 is 14.8 Å². The number of benzene rings is 3. The molecule has 0 aliphatic carbocycles. The number of hydrogen-bond acceptors (Lipinski definition) is 5. The van der Waals surface area contributed by atoms with E-state index in [1.807, 2.05) is 26.8 Å². The van der Waals surface area contributed by atoms with E-state index in [9.17, 15) is 14.0 Å². The third-order valence-corrected chi connectivity index (χ3v) is 5.11. The normalized spacial score (nSPS) is 13.6. The van der Waals surface area contributed by atoms with Crippen molar-refractivity contribution in [3.05, 3.63) is 89.9 Å². The van der Waals surface area contributed by atoms with Crippen molar-refractivity contribution >= 4 is 28.8 Å². The zero-order valence-electron chi connectivity index (χ0n) is 19.2. The zero-order chi connectivity index (χ0) is 24.2. The molecule has 1 heterocycles. The molecule has 2 amide bonds. The smallest absolute Gasteiger partial charge is 0.282 e. The monoisotopic (exact) mass is 460 g/mol. The lowest BCUT2D eigenvalue weighted by molar-refractivity contribution is -0.120. The first kappa shape index (κ1) is 23.0. The molecule has 1 aliphatic rings. The second kappa shape index (κ2) is 9.79. The second-order valence-electron chi connectivity index (χ2n) is 7.92. The highest BCUT2D eigenvalue weighted by atomic mass is 19.1. The van der Waals surface area contributed by atoms with Crippen LogP contribution in [0.15, 0.2) is 78.5 Å². The maximum absolute atomic E-state index is 13.9. The number of rotatable bonds is 8. The molecule has 7 heteroatoms. The lowest BCUT2D eigenvalue weighted by Crippen LogP contribution is -2.32. The Morgan fingerprint density at radius 3 is 2.35 bits per heavy atom. The summed E-state index contributed by atoms with van der Waals surface area (Å²) in [5.74, 6) is -0.488. The van der Waals surface area contributed by atoms with Crippen LogP contribution in [0, 0.1) is 5.82 Å². The molecule has 0 bridgehead atoms. The quantitative estimate of drug-likeness (QED) is 0.456. The average Bonchev–Trinajstić information content (AvgIpc) is 3.05. The maximum Gasteiger partial charge on any atom is 0.282 e. The van der Waals surface area contributed by atoms with Crippen LogP contribution in [0.5, 0.6) is 11.5 Å². The van der Waals surface area contributed by atoms with Crippen LogP contribution in [0.3, 0.4) is 0 Å². The summed E-state index contributed by atoms with van der Waals surface area (Å²) in [6.45, 7) is 6.14. The van der Waals surface area contributed by atoms with Gasteiger partial charge in [-0.25, -0.2) is 9.29 Å². The van der Waals surface area contributed by atoms with Gasteiger partial charge in [0.15, 0.2) is 0 Å². The molecule has 0 fully saturated rings. The van der Waals surface area contributed by atoms with Crippen LogP contribution in [0.2, 0.25) is 0 Å². The molecule has 174 valence electrons. The fourth-order valence-electron chi connectivity index (χ4n) is 3.72. The highest BCUT2D eigenvalue weighted by molar-refractivity contribution is 6.46. The molecule has 0 spiro atoms. The Kier molecular flexibility index (Phi) is 6.63. The minimum atomic E-state index is -0.584. The molecule has 3 aromatic rings. The van der Waals surface area contributed by atoms with E-state index in [2.05, 4.69) is 5.32 Å². The summed E-state index contributed by atoms with van der Waals surface area (Å²) < 4.78 is 25.3. The van der Waals surface area contributed by atoms with Crippen molar-refractivity contribution in [1.29, 1.82) is 0 Å². The standard InChI is InChI=1S/C27H25FN2O4/c1-4-33-23-11-6-5-10-22(23)29-25-24(18-12-14-21(15-13-18)34-17(2)3)26(31)30(27(25)32)20-9-7-8-19(28)16-20/h5-17,29H,4H2,1-3H3. The number of nitrogens with zero attached hydrogens (tertiary/aromatic N) is 1. The minimum absolute atomic E-state index is 0.00415. The summed E-state index contributed by atoms with van der Waals surface area (Å²) in [5, 5.41) is 3.10. The molecular formula is C27H25FN2O4. The molecule has 0 saturated heterocycles. The number of halogens is 1. The lowest BCUT2D eigenvalue weighted by atomic mass is 10.0. The molecule has 34 heavy (non-hydrogen) atoms. The predicted octanol–water partition coefficient (Wildman–Crippen LogP) is 5.41. The van der Waals surface area contributed by atoms with E-state index >= 15 is 0 Å². The SMILES string of the molecule is CCOc1ccccc1NC1=C(c2ccc(OC(C)C)cc2)C(=O)N(c2cccc(F)c2)C1=O. The first-order valence-electron chi connectivity index (χ1n) is 11.0. The van der Waals surface area contributed by atoms with E-state index in [0.29, 0.717) is 29.4 Å². The van der Waals surface area contributed by atoms with Gasteiger partial charge in [0.1, 0.15) is 23.0 Å². The number of hydrogen-bond donors (Lipinski definition) is 1. The number of imide groups is 1. The van der Waals surface area contributed by atoms with E-state index in [4.69, 9.17) is 9.47 Å². The van der Waals surface area contributed by atoms with Crippen LogP contribution in [0.4, 0.5) is 15.8 Å².